The number of carbonyl (C=O) groups excluding carboxylic acids is 2. The van der Waals surface area contributed by atoms with Crippen LogP contribution in [-0.2, 0) is 4.79 Å². The van der Waals surface area contributed by atoms with E-state index in [4.69, 9.17) is 5.73 Å². The molecule has 1 heterocycles. The highest BCUT2D eigenvalue weighted by Gasteiger charge is 2.10. The Morgan fingerprint density at radius 1 is 1.05 bits per heavy atom. The van der Waals surface area contributed by atoms with Crippen molar-refractivity contribution in [1.82, 2.24) is 4.98 Å². The third kappa shape index (κ3) is 3.29. The van der Waals surface area contributed by atoms with Crippen LogP contribution < -0.4 is 5.73 Å². The van der Waals surface area contributed by atoms with Crippen molar-refractivity contribution in [3.63, 3.8) is 0 Å². The first-order valence-electron chi connectivity index (χ1n) is 6.33. The maximum absolute atomic E-state index is 11.9. The molecule has 0 bridgehead atoms. The van der Waals surface area contributed by atoms with Crippen LogP contribution >= 0.6 is 0 Å². The van der Waals surface area contributed by atoms with Gasteiger partial charge in [0.05, 0.1) is 6.42 Å². The fourth-order valence-corrected chi connectivity index (χ4v) is 2.13. The van der Waals surface area contributed by atoms with Crippen LogP contribution in [0.2, 0.25) is 0 Å². The molecule has 0 aliphatic heterocycles. The summed E-state index contributed by atoms with van der Waals surface area (Å²) in [5.74, 6) is -0.877. The zero-order valence-electron chi connectivity index (χ0n) is 11.5. The molecule has 4 heteroatoms. The van der Waals surface area contributed by atoms with Crippen molar-refractivity contribution in [2.75, 3.05) is 0 Å². The number of Topliss-reactive ketones (excluding diaryl/α,β-unsaturated/α-hetero) is 1. The highest BCUT2D eigenvalue weighted by molar-refractivity contribution is 6.07. The fourth-order valence-electron chi connectivity index (χ4n) is 2.13. The molecule has 0 aliphatic carbocycles. The molecular weight excluding hydrogens is 252 g/mol. The average Bonchev–Trinajstić information content (AvgIpc) is 2.37. The monoisotopic (exact) mass is 268 g/mol. The maximum atomic E-state index is 11.9. The summed E-state index contributed by atoms with van der Waals surface area (Å²) in [6.45, 7) is 3.86. The number of rotatable bonds is 4. The first-order chi connectivity index (χ1) is 9.45. The van der Waals surface area contributed by atoms with Crippen LogP contribution in [0.4, 0.5) is 0 Å². The van der Waals surface area contributed by atoms with Crippen LogP contribution in [0, 0.1) is 13.8 Å². The predicted octanol–water partition coefficient (Wildman–Crippen LogP) is 2.42. The molecule has 1 aromatic heterocycles. The van der Waals surface area contributed by atoms with Crippen molar-refractivity contribution in [1.29, 1.82) is 0 Å². The van der Waals surface area contributed by atoms with E-state index in [1.54, 1.807) is 18.2 Å². The second kappa shape index (κ2) is 5.65. The number of aryl methyl sites for hydroxylation is 2. The van der Waals surface area contributed by atoms with Crippen molar-refractivity contribution in [2.24, 2.45) is 5.73 Å². The number of nitrogens with two attached hydrogens (primary N) is 1. The highest BCUT2D eigenvalue weighted by Crippen LogP contribution is 2.22. The van der Waals surface area contributed by atoms with E-state index in [1.165, 1.54) is 0 Å². The van der Waals surface area contributed by atoms with Crippen molar-refractivity contribution >= 4 is 11.7 Å². The molecule has 102 valence electrons. The van der Waals surface area contributed by atoms with Gasteiger partial charge in [0.2, 0.25) is 5.91 Å². The number of hydrogen-bond donors (Lipinski definition) is 1. The van der Waals surface area contributed by atoms with Crippen molar-refractivity contribution < 1.29 is 9.59 Å². The minimum absolute atomic E-state index is 0.262. The van der Waals surface area contributed by atoms with Gasteiger partial charge in [-0.2, -0.15) is 0 Å². The lowest BCUT2D eigenvalue weighted by atomic mass is 10.00. The van der Waals surface area contributed by atoms with E-state index in [1.807, 2.05) is 32.0 Å². The van der Waals surface area contributed by atoms with E-state index < -0.39 is 5.91 Å². The number of nitrogens with zero attached hydrogens (tertiary/aromatic N) is 1. The Bertz CT molecular complexity index is 658. The van der Waals surface area contributed by atoms with Gasteiger partial charge in [0.15, 0.2) is 5.78 Å². The third-order valence-electron chi connectivity index (χ3n) is 2.93. The summed E-state index contributed by atoms with van der Waals surface area (Å²) in [4.78, 5) is 27.0. The Labute approximate surface area is 117 Å². The Balaban J connectivity index is 2.39. The molecule has 0 aliphatic rings. The van der Waals surface area contributed by atoms with Gasteiger partial charge in [-0.15, -0.1) is 0 Å². The molecule has 0 unspecified atom stereocenters. The smallest absolute Gasteiger partial charge is 0.225 e. The molecule has 0 spiro atoms. The summed E-state index contributed by atoms with van der Waals surface area (Å²) in [5.41, 5.74) is 9.32. The molecule has 1 aromatic carbocycles. The van der Waals surface area contributed by atoms with E-state index in [2.05, 4.69) is 4.98 Å². The lowest BCUT2D eigenvalue weighted by Crippen LogP contribution is -2.16. The van der Waals surface area contributed by atoms with E-state index in [-0.39, 0.29) is 12.2 Å². The van der Waals surface area contributed by atoms with Crippen molar-refractivity contribution in [3.05, 3.63) is 53.3 Å². The summed E-state index contributed by atoms with van der Waals surface area (Å²) in [6, 6.07) is 11.1. The second-order valence-electron chi connectivity index (χ2n) is 4.79. The number of carbonyl (C=O) groups is 2. The molecule has 0 saturated carbocycles. The van der Waals surface area contributed by atoms with Crippen LogP contribution in [0.15, 0.2) is 36.4 Å². The Morgan fingerprint density at radius 3 is 2.30 bits per heavy atom. The van der Waals surface area contributed by atoms with E-state index in [9.17, 15) is 9.59 Å². The second-order valence-corrected chi connectivity index (χ2v) is 4.79. The van der Waals surface area contributed by atoms with Gasteiger partial charge in [0, 0.05) is 17.0 Å². The SMILES string of the molecule is Cc1cc(-c2cccc(C(=O)CC(N)=O)c2)cc(C)n1. The van der Waals surface area contributed by atoms with Crippen LogP contribution in [0.25, 0.3) is 11.1 Å². The van der Waals surface area contributed by atoms with Crippen LogP contribution in [0.3, 0.4) is 0 Å². The first kappa shape index (κ1) is 13.9. The highest BCUT2D eigenvalue weighted by atomic mass is 16.2. The lowest BCUT2D eigenvalue weighted by Gasteiger charge is -2.06. The Hall–Kier alpha value is -2.49. The predicted molar refractivity (Wildman–Crippen MR) is 77.3 cm³/mol. The molecule has 2 N–H and O–H groups in total. The number of benzene rings is 1. The minimum Gasteiger partial charge on any atom is -0.369 e. The van der Waals surface area contributed by atoms with Crippen molar-refractivity contribution in [2.45, 2.75) is 20.3 Å². The summed E-state index contributed by atoms with van der Waals surface area (Å²) in [5, 5.41) is 0. The molecule has 2 rings (SSSR count). The number of hydrogen-bond acceptors (Lipinski definition) is 3. The van der Waals surface area contributed by atoms with Gasteiger partial charge in [0.1, 0.15) is 0 Å². The maximum Gasteiger partial charge on any atom is 0.225 e. The molecule has 2 aromatic rings. The molecule has 4 nitrogen and oxygen atoms in total. The topological polar surface area (TPSA) is 73.1 Å². The zero-order valence-corrected chi connectivity index (χ0v) is 11.5. The average molecular weight is 268 g/mol. The van der Waals surface area contributed by atoms with Crippen LogP contribution in [-0.4, -0.2) is 16.7 Å². The van der Waals surface area contributed by atoms with Crippen molar-refractivity contribution in [3.8, 4) is 11.1 Å². The van der Waals surface area contributed by atoms with Crippen LogP contribution in [0.1, 0.15) is 28.2 Å². The molecule has 0 saturated heterocycles. The molecule has 0 fully saturated rings. The Kier molecular flexibility index (Phi) is 3.94. The van der Waals surface area contributed by atoms with Gasteiger partial charge in [-0.1, -0.05) is 18.2 Å². The van der Waals surface area contributed by atoms with Gasteiger partial charge in [-0.25, -0.2) is 0 Å². The first-order valence-corrected chi connectivity index (χ1v) is 6.33. The quantitative estimate of drug-likeness (QED) is 0.683. The van der Waals surface area contributed by atoms with Crippen LogP contribution in [0.5, 0.6) is 0 Å². The van der Waals surface area contributed by atoms with Gasteiger partial charge >= 0.3 is 0 Å². The minimum atomic E-state index is -0.615. The molecular formula is C16H16N2O2. The number of aromatic nitrogens is 1. The lowest BCUT2D eigenvalue weighted by molar-refractivity contribution is -0.117. The summed E-state index contributed by atoms with van der Waals surface area (Å²) >= 11 is 0. The van der Waals surface area contributed by atoms with Gasteiger partial charge in [-0.05, 0) is 43.2 Å². The number of amides is 1. The standard InChI is InChI=1S/C16H16N2O2/c1-10-6-14(7-11(2)18-10)12-4-3-5-13(8-12)15(19)9-16(17)20/h3-8H,9H2,1-2H3,(H2,17,20). The largest absolute Gasteiger partial charge is 0.369 e. The van der Waals surface area contributed by atoms with E-state index >= 15 is 0 Å². The number of pyridine rings is 1. The zero-order chi connectivity index (χ0) is 14.7. The van der Waals surface area contributed by atoms with Gasteiger partial charge in [-0.3, -0.25) is 14.6 Å². The van der Waals surface area contributed by atoms with Gasteiger partial charge in [0.25, 0.3) is 0 Å². The Morgan fingerprint density at radius 2 is 1.70 bits per heavy atom. The summed E-state index contributed by atoms with van der Waals surface area (Å²) < 4.78 is 0. The van der Waals surface area contributed by atoms with E-state index in [0.29, 0.717) is 5.56 Å². The molecule has 20 heavy (non-hydrogen) atoms. The molecule has 1 amide bonds. The fraction of sp³-hybridized carbons (Fsp3) is 0.188. The summed E-state index contributed by atoms with van der Waals surface area (Å²) in [6.07, 6.45) is -0.266. The van der Waals surface area contributed by atoms with E-state index in [0.717, 1.165) is 22.5 Å². The normalized spacial score (nSPS) is 10.3. The third-order valence-corrected chi connectivity index (χ3v) is 2.93. The number of ketones is 1. The molecule has 0 atom stereocenters. The summed E-state index contributed by atoms with van der Waals surface area (Å²) in [7, 11) is 0. The van der Waals surface area contributed by atoms with Gasteiger partial charge < -0.3 is 5.73 Å². The molecule has 0 radical (unpaired) electrons. The number of primary amides is 1.